The van der Waals surface area contributed by atoms with E-state index in [0.717, 1.165) is 6.42 Å². The van der Waals surface area contributed by atoms with Crippen molar-refractivity contribution in [3.05, 3.63) is 0 Å². The van der Waals surface area contributed by atoms with Crippen LogP contribution in [-0.4, -0.2) is 29.2 Å². The van der Waals surface area contributed by atoms with Gasteiger partial charge in [-0.05, 0) is 39.7 Å². The molecule has 6 nitrogen and oxygen atoms in total. The van der Waals surface area contributed by atoms with Gasteiger partial charge in [0.1, 0.15) is 8.46 Å². The highest BCUT2D eigenvalue weighted by Crippen LogP contribution is 2.54. The summed E-state index contributed by atoms with van der Waals surface area (Å²) in [4.78, 5) is 9.75. The Kier molecular flexibility index (Phi) is 9.40. The molecule has 0 heterocycles. The van der Waals surface area contributed by atoms with Crippen molar-refractivity contribution in [1.82, 2.24) is 0 Å². The number of rotatable bonds is 10. The van der Waals surface area contributed by atoms with Crippen LogP contribution in [0.2, 0.25) is 0 Å². The van der Waals surface area contributed by atoms with Crippen LogP contribution >= 0.6 is 16.1 Å². The van der Waals surface area contributed by atoms with Crippen molar-refractivity contribution in [1.29, 1.82) is 0 Å². The van der Waals surface area contributed by atoms with Crippen LogP contribution < -0.4 is 5.73 Å². The van der Waals surface area contributed by atoms with E-state index in [1.54, 1.807) is 13.8 Å². The Balaban J connectivity index is 4.46. The molecule has 8 heteroatoms. The van der Waals surface area contributed by atoms with Gasteiger partial charge in [0.2, 0.25) is 5.59 Å². The number of hydrogen-bond acceptors (Lipinski definition) is 5. The van der Waals surface area contributed by atoms with Gasteiger partial charge in [0.25, 0.3) is 0 Å². The maximum atomic E-state index is 11.9. The van der Waals surface area contributed by atoms with Crippen molar-refractivity contribution < 1.29 is 23.3 Å². The molecule has 0 amide bonds. The molecule has 0 aliphatic carbocycles. The molecule has 0 aromatic heterocycles. The van der Waals surface area contributed by atoms with Crippen molar-refractivity contribution >= 4 is 16.1 Å². The van der Waals surface area contributed by atoms with E-state index in [-0.39, 0.29) is 12.2 Å². The second kappa shape index (κ2) is 9.24. The van der Waals surface area contributed by atoms with Crippen LogP contribution in [0.3, 0.4) is 0 Å². The van der Waals surface area contributed by atoms with E-state index in [9.17, 15) is 14.0 Å². The monoisotopic (exact) mass is 301 g/mol. The molecule has 0 bridgehead atoms. The number of hydrogen-bond donors (Lipinski definition) is 2. The lowest BCUT2D eigenvalue weighted by Gasteiger charge is -2.24. The minimum atomic E-state index is -3.99. The molecule has 5 atom stereocenters. The topological polar surface area (TPSA) is 98.8 Å². The van der Waals surface area contributed by atoms with Gasteiger partial charge in [-0.15, -0.1) is 0 Å². The van der Waals surface area contributed by atoms with E-state index in [2.05, 4.69) is 0 Å². The van der Waals surface area contributed by atoms with Gasteiger partial charge in [-0.1, -0.05) is 6.92 Å². The molecule has 0 saturated carbocycles. The molecule has 5 unspecified atom stereocenters. The van der Waals surface area contributed by atoms with Crippen LogP contribution in [0.5, 0.6) is 0 Å². The zero-order valence-electron chi connectivity index (χ0n) is 11.2. The zero-order chi connectivity index (χ0) is 14.2. The highest BCUT2D eigenvalue weighted by Gasteiger charge is 2.35. The summed E-state index contributed by atoms with van der Waals surface area (Å²) in [7, 11) is -5.53. The fraction of sp³-hybridized carbons (Fsp3) is 1.00. The summed E-state index contributed by atoms with van der Waals surface area (Å²) in [6, 6.07) is 0. The first-order valence-electron chi connectivity index (χ1n) is 6.19. The second-order valence-electron chi connectivity index (χ2n) is 4.29. The first-order chi connectivity index (χ1) is 8.37. The Bertz CT molecular complexity index is 289. The van der Waals surface area contributed by atoms with Crippen LogP contribution in [-0.2, 0) is 18.4 Å². The third kappa shape index (κ3) is 7.03. The van der Waals surface area contributed by atoms with Gasteiger partial charge in [0.15, 0.2) is 0 Å². The molecule has 0 aliphatic heterocycles. The Morgan fingerprint density at radius 1 is 1.39 bits per heavy atom. The predicted molar refractivity (Wildman–Crippen MR) is 73.7 cm³/mol. The van der Waals surface area contributed by atoms with Gasteiger partial charge >= 0.3 is 7.60 Å². The largest absolute Gasteiger partial charge is 0.363 e. The Morgan fingerprint density at radius 3 is 2.44 bits per heavy atom. The number of nitrogens with two attached hydrogens (primary N) is 1. The summed E-state index contributed by atoms with van der Waals surface area (Å²) in [5, 5.41) is 0. The first-order valence-corrected chi connectivity index (χ1v) is 8.97. The van der Waals surface area contributed by atoms with Crippen molar-refractivity contribution in [2.75, 3.05) is 6.54 Å². The SMILES string of the molecule is CCC(C)OP(=O)(O)C(OC(C)CCCN)[PH2]=O. The summed E-state index contributed by atoms with van der Waals surface area (Å²) in [6.45, 7) is 5.83. The van der Waals surface area contributed by atoms with E-state index >= 15 is 0 Å². The Hall–Kier alpha value is 0.300. The van der Waals surface area contributed by atoms with Gasteiger partial charge in [0.05, 0.1) is 12.2 Å². The van der Waals surface area contributed by atoms with Gasteiger partial charge < -0.3 is 24.5 Å². The summed E-state index contributed by atoms with van der Waals surface area (Å²) >= 11 is 0. The number of ether oxygens (including phenoxy) is 1. The Labute approximate surface area is 110 Å². The van der Waals surface area contributed by atoms with E-state index in [1.807, 2.05) is 6.92 Å². The quantitative estimate of drug-likeness (QED) is 0.600. The molecule has 110 valence electrons. The summed E-state index contributed by atoms with van der Waals surface area (Å²) in [5.41, 5.74) is 4.15. The molecule has 18 heavy (non-hydrogen) atoms. The third-order valence-corrected chi connectivity index (χ3v) is 5.84. The van der Waals surface area contributed by atoms with Crippen molar-refractivity contribution in [2.45, 2.75) is 57.8 Å². The minimum Gasteiger partial charge on any atom is -0.356 e. The molecule has 3 N–H and O–H groups in total. The van der Waals surface area contributed by atoms with E-state index in [4.69, 9.17) is 15.0 Å². The maximum absolute atomic E-state index is 11.9. The average Bonchev–Trinajstić information content (AvgIpc) is 2.32. The predicted octanol–water partition coefficient (Wildman–Crippen LogP) is 2.17. The van der Waals surface area contributed by atoms with Gasteiger partial charge in [-0.25, -0.2) is 0 Å². The molecule has 0 saturated heterocycles. The van der Waals surface area contributed by atoms with Gasteiger partial charge in [-0.3, -0.25) is 4.57 Å². The lowest BCUT2D eigenvalue weighted by Crippen LogP contribution is -2.19. The van der Waals surface area contributed by atoms with E-state index in [0.29, 0.717) is 19.4 Å². The van der Waals surface area contributed by atoms with Crippen LogP contribution in [0.15, 0.2) is 0 Å². The fourth-order valence-corrected chi connectivity index (χ4v) is 3.59. The van der Waals surface area contributed by atoms with Gasteiger partial charge in [-0.2, -0.15) is 0 Å². The summed E-state index contributed by atoms with van der Waals surface area (Å²) in [5.74, 6) is 0. The Morgan fingerprint density at radius 2 is 2.00 bits per heavy atom. The maximum Gasteiger partial charge on any atom is 0.363 e. The van der Waals surface area contributed by atoms with E-state index in [1.165, 1.54) is 0 Å². The molecule has 0 radical (unpaired) electrons. The van der Waals surface area contributed by atoms with Crippen LogP contribution in [0.4, 0.5) is 0 Å². The van der Waals surface area contributed by atoms with Crippen LogP contribution in [0.25, 0.3) is 0 Å². The lowest BCUT2D eigenvalue weighted by molar-refractivity contribution is 0.0513. The smallest absolute Gasteiger partial charge is 0.356 e. The average molecular weight is 301 g/mol. The molecule has 0 aromatic rings. The van der Waals surface area contributed by atoms with Crippen molar-refractivity contribution in [2.24, 2.45) is 5.73 Å². The standard InChI is InChI=1S/C10H25NO5P2/c1-4-8(2)16-18(13,14)10(17-12)15-9(3)6-5-7-11/h8-10H,4-7,11,17H2,1-3H3,(H,13,14). The summed E-state index contributed by atoms with van der Waals surface area (Å²) in [6.07, 6.45) is 1.40. The second-order valence-corrected chi connectivity index (χ2v) is 7.58. The molecular weight excluding hydrogens is 276 g/mol. The normalized spacial score (nSPS) is 20.7. The van der Waals surface area contributed by atoms with Crippen LogP contribution in [0.1, 0.15) is 40.0 Å². The molecule has 0 aromatic carbocycles. The first kappa shape index (κ1) is 18.3. The lowest BCUT2D eigenvalue weighted by atomic mass is 10.2. The fourth-order valence-electron chi connectivity index (χ4n) is 1.29. The van der Waals surface area contributed by atoms with Crippen molar-refractivity contribution in [3.63, 3.8) is 0 Å². The van der Waals surface area contributed by atoms with Crippen LogP contribution in [0, 0.1) is 0 Å². The highest BCUT2D eigenvalue weighted by molar-refractivity contribution is 7.62. The molecule has 0 aliphatic rings. The third-order valence-electron chi connectivity index (χ3n) is 2.53. The van der Waals surface area contributed by atoms with E-state index < -0.39 is 21.6 Å². The molecular formula is C10H25NO5P2. The molecule has 0 rings (SSSR count). The van der Waals surface area contributed by atoms with Gasteiger partial charge in [0, 0.05) is 0 Å². The molecule has 0 spiro atoms. The minimum absolute atomic E-state index is 0.263. The highest BCUT2D eigenvalue weighted by atomic mass is 31.2. The zero-order valence-corrected chi connectivity index (χ0v) is 13.3. The molecule has 0 fully saturated rings. The van der Waals surface area contributed by atoms with Crippen molar-refractivity contribution in [3.8, 4) is 0 Å². The summed E-state index contributed by atoms with van der Waals surface area (Å²) < 4.78 is 33.4.